The first-order chi connectivity index (χ1) is 10.1. The predicted molar refractivity (Wildman–Crippen MR) is 84.9 cm³/mol. The maximum absolute atomic E-state index is 12.8. The summed E-state index contributed by atoms with van der Waals surface area (Å²) in [7, 11) is 0. The average molecular weight is 280 g/mol. The van der Waals surface area contributed by atoms with E-state index in [4.69, 9.17) is 5.73 Å². The minimum atomic E-state index is 0.101. The maximum atomic E-state index is 12.8. The summed E-state index contributed by atoms with van der Waals surface area (Å²) in [6.07, 6.45) is 2.18. The van der Waals surface area contributed by atoms with Crippen LogP contribution >= 0.6 is 0 Å². The van der Waals surface area contributed by atoms with E-state index in [0.29, 0.717) is 12.6 Å². The highest BCUT2D eigenvalue weighted by molar-refractivity contribution is 5.94. The topological polar surface area (TPSA) is 46.3 Å². The lowest BCUT2D eigenvalue weighted by atomic mass is 10.1. The highest BCUT2D eigenvalue weighted by Gasteiger charge is 2.33. The van der Waals surface area contributed by atoms with E-state index in [0.717, 1.165) is 35.2 Å². The van der Waals surface area contributed by atoms with Crippen molar-refractivity contribution in [2.24, 2.45) is 0 Å². The molecule has 0 aromatic heterocycles. The molecule has 2 aromatic carbocycles. The van der Waals surface area contributed by atoms with Crippen molar-refractivity contribution in [2.75, 3.05) is 5.73 Å². The summed E-state index contributed by atoms with van der Waals surface area (Å²) in [5.41, 5.74) is 9.65. The molecular weight excluding hydrogens is 260 g/mol. The number of hydrogen-bond donors (Lipinski definition) is 1. The number of nitrogen functional groups attached to an aromatic ring is 1. The third-order valence-electron chi connectivity index (χ3n) is 3.91. The largest absolute Gasteiger partial charge is 0.398 e. The smallest absolute Gasteiger partial charge is 0.254 e. The molecule has 0 spiro atoms. The van der Waals surface area contributed by atoms with E-state index >= 15 is 0 Å². The van der Waals surface area contributed by atoms with E-state index in [1.165, 1.54) is 0 Å². The zero-order valence-electron chi connectivity index (χ0n) is 12.3. The van der Waals surface area contributed by atoms with Gasteiger partial charge in [-0.05, 0) is 43.5 Å². The molecule has 0 heterocycles. The molecule has 0 saturated heterocycles. The first-order valence-electron chi connectivity index (χ1n) is 7.36. The van der Waals surface area contributed by atoms with E-state index in [2.05, 4.69) is 0 Å². The predicted octanol–water partition coefficient (Wildman–Crippen LogP) is 3.38. The molecule has 1 aliphatic carbocycles. The normalized spacial score (nSPS) is 14.0. The van der Waals surface area contributed by atoms with Crippen LogP contribution in [0.4, 0.5) is 5.69 Å². The molecule has 1 amide bonds. The van der Waals surface area contributed by atoms with Gasteiger partial charge in [0.15, 0.2) is 0 Å². The minimum Gasteiger partial charge on any atom is -0.398 e. The molecule has 108 valence electrons. The Labute approximate surface area is 125 Å². The van der Waals surface area contributed by atoms with Gasteiger partial charge in [0.25, 0.3) is 5.91 Å². The van der Waals surface area contributed by atoms with Crippen LogP contribution in [0.1, 0.15) is 34.3 Å². The van der Waals surface area contributed by atoms with Gasteiger partial charge in [-0.2, -0.15) is 0 Å². The van der Waals surface area contributed by atoms with Crippen LogP contribution < -0.4 is 5.73 Å². The first kappa shape index (κ1) is 13.7. The Morgan fingerprint density at radius 3 is 2.62 bits per heavy atom. The van der Waals surface area contributed by atoms with Gasteiger partial charge in [-0.1, -0.05) is 35.9 Å². The Kier molecular flexibility index (Phi) is 3.65. The minimum absolute atomic E-state index is 0.101. The number of carbonyl (C=O) groups excluding carboxylic acids is 1. The highest BCUT2D eigenvalue weighted by Crippen LogP contribution is 2.30. The van der Waals surface area contributed by atoms with Crippen LogP contribution in [0, 0.1) is 6.92 Å². The number of amides is 1. The van der Waals surface area contributed by atoms with E-state index in [-0.39, 0.29) is 5.91 Å². The van der Waals surface area contributed by atoms with Gasteiger partial charge in [-0.15, -0.1) is 0 Å². The van der Waals surface area contributed by atoms with E-state index in [1.807, 2.05) is 60.4 Å². The molecule has 3 rings (SSSR count). The fourth-order valence-corrected chi connectivity index (χ4v) is 2.56. The summed E-state index contributed by atoms with van der Waals surface area (Å²) in [5.74, 6) is 0.101. The number of carbonyl (C=O) groups is 1. The number of rotatable bonds is 4. The molecular formula is C18H20N2O. The van der Waals surface area contributed by atoms with Crippen LogP contribution in [0.2, 0.25) is 0 Å². The van der Waals surface area contributed by atoms with Crippen molar-refractivity contribution in [1.82, 2.24) is 4.90 Å². The van der Waals surface area contributed by atoms with Gasteiger partial charge in [-0.25, -0.2) is 0 Å². The Morgan fingerprint density at radius 2 is 1.95 bits per heavy atom. The molecule has 1 fully saturated rings. The summed E-state index contributed by atoms with van der Waals surface area (Å²) in [6, 6.07) is 15.9. The van der Waals surface area contributed by atoms with Crippen LogP contribution in [0.25, 0.3) is 0 Å². The van der Waals surface area contributed by atoms with Crippen LogP contribution in [0.3, 0.4) is 0 Å². The van der Waals surface area contributed by atoms with Crippen LogP contribution in [0.5, 0.6) is 0 Å². The highest BCUT2D eigenvalue weighted by atomic mass is 16.2. The molecule has 0 unspecified atom stereocenters. The standard InChI is InChI=1S/C18H20N2O/c1-13-5-4-7-14(11-13)18(21)20(16-9-10-16)12-15-6-2-3-8-17(15)19/h2-8,11,16H,9-10,12,19H2,1H3. The fourth-order valence-electron chi connectivity index (χ4n) is 2.56. The number of para-hydroxylation sites is 1. The summed E-state index contributed by atoms with van der Waals surface area (Å²) >= 11 is 0. The lowest BCUT2D eigenvalue weighted by Crippen LogP contribution is -2.32. The molecule has 0 radical (unpaired) electrons. The van der Waals surface area contributed by atoms with Gasteiger partial charge in [0, 0.05) is 23.8 Å². The monoisotopic (exact) mass is 280 g/mol. The van der Waals surface area contributed by atoms with Crippen molar-refractivity contribution in [1.29, 1.82) is 0 Å². The quantitative estimate of drug-likeness (QED) is 0.873. The Balaban J connectivity index is 1.85. The zero-order valence-corrected chi connectivity index (χ0v) is 12.3. The molecule has 0 bridgehead atoms. The summed E-state index contributed by atoms with van der Waals surface area (Å²) in [5, 5.41) is 0. The molecule has 21 heavy (non-hydrogen) atoms. The van der Waals surface area contributed by atoms with Gasteiger partial charge in [-0.3, -0.25) is 4.79 Å². The molecule has 1 aliphatic rings. The lowest BCUT2D eigenvalue weighted by molar-refractivity contribution is 0.0730. The fraction of sp³-hybridized carbons (Fsp3) is 0.278. The van der Waals surface area contributed by atoms with E-state index < -0.39 is 0 Å². The summed E-state index contributed by atoms with van der Waals surface area (Å²) in [6.45, 7) is 2.59. The Hall–Kier alpha value is -2.29. The molecule has 0 atom stereocenters. The number of hydrogen-bond acceptors (Lipinski definition) is 2. The van der Waals surface area contributed by atoms with Crippen LogP contribution in [-0.4, -0.2) is 16.8 Å². The molecule has 2 aromatic rings. The maximum Gasteiger partial charge on any atom is 0.254 e. The van der Waals surface area contributed by atoms with Gasteiger partial charge in [0.1, 0.15) is 0 Å². The van der Waals surface area contributed by atoms with Crippen molar-refractivity contribution in [3.05, 3.63) is 65.2 Å². The SMILES string of the molecule is Cc1cccc(C(=O)N(Cc2ccccc2N)C2CC2)c1. The van der Waals surface area contributed by atoms with Crippen LogP contribution in [0.15, 0.2) is 48.5 Å². The summed E-state index contributed by atoms with van der Waals surface area (Å²) in [4.78, 5) is 14.7. The van der Waals surface area contributed by atoms with Crippen molar-refractivity contribution in [3.8, 4) is 0 Å². The number of benzene rings is 2. The van der Waals surface area contributed by atoms with Crippen molar-refractivity contribution in [2.45, 2.75) is 32.4 Å². The van der Waals surface area contributed by atoms with Gasteiger partial charge < -0.3 is 10.6 Å². The third-order valence-corrected chi connectivity index (χ3v) is 3.91. The molecule has 3 nitrogen and oxygen atoms in total. The van der Waals surface area contributed by atoms with Crippen molar-refractivity contribution < 1.29 is 4.79 Å². The Bertz CT molecular complexity index is 662. The third kappa shape index (κ3) is 3.07. The second-order valence-electron chi connectivity index (χ2n) is 5.73. The molecule has 0 aliphatic heterocycles. The number of nitrogens with two attached hydrogens (primary N) is 1. The molecule has 1 saturated carbocycles. The number of anilines is 1. The van der Waals surface area contributed by atoms with Gasteiger partial charge >= 0.3 is 0 Å². The lowest BCUT2D eigenvalue weighted by Gasteiger charge is -2.23. The first-order valence-corrected chi connectivity index (χ1v) is 7.36. The van der Waals surface area contributed by atoms with Crippen molar-refractivity contribution >= 4 is 11.6 Å². The molecule has 2 N–H and O–H groups in total. The molecule has 3 heteroatoms. The van der Waals surface area contributed by atoms with Crippen molar-refractivity contribution in [3.63, 3.8) is 0 Å². The zero-order chi connectivity index (χ0) is 14.8. The van der Waals surface area contributed by atoms with E-state index in [9.17, 15) is 4.79 Å². The van der Waals surface area contributed by atoms with Gasteiger partial charge in [0.2, 0.25) is 0 Å². The van der Waals surface area contributed by atoms with E-state index in [1.54, 1.807) is 0 Å². The van der Waals surface area contributed by atoms with Gasteiger partial charge in [0.05, 0.1) is 0 Å². The Morgan fingerprint density at radius 1 is 1.19 bits per heavy atom. The average Bonchev–Trinajstić information content (AvgIpc) is 3.30. The van der Waals surface area contributed by atoms with Crippen LogP contribution in [-0.2, 0) is 6.54 Å². The number of nitrogens with zero attached hydrogens (tertiary/aromatic N) is 1. The second kappa shape index (κ2) is 5.60. The second-order valence-corrected chi connectivity index (χ2v) is 5.73. The number of aryl methyl sites for hydroxylation is 1. The summed E-state index contributed by atoms with van der Waals surface area (Å²) < 4.78 is 0.